The number of allylic oxidation sites excluding steroid dienone is 1. The Balaban J connectivity index is 1.06. The molecule has 8 heteroatoms. The first-order valence-electron chi connectivity index (χ1n) is 25.2. The molecule has 0 unspecified atom stereocenters. The molecule has 8 fully saturated rings. The Labute approximate surface area is 375 Å². The van der Waals surface area contributed by atoms with Gasteiger partial charge in [0.15, 0.2) is 0 Å². The highest BCUT2D eigenvalue weighted by molar-refractivity contribution is 5.88. The number of carbonyl (C=O) groups is 4. The van der Waals surface area contributed by atoms with Crippen LogP contribution in [0.3, 0.4) is 0 Å². The fourth-order valence-corrected chi connectivity index (χ4v) is 19.7. The molecule has 8 nitrogen and oxygen atoms in total. The summed E-state index contributed by atoms with van der Waals surface area (Å²) in [4.78, 5) is 58.0. The molecule has 14 atom stereocenters. The molecule has 8 rings (SSSR count). The Bertz CT molecular complexity index is 1900. The van der Waals surface area contributed by atoms with E-state index in [2.05, 4.69) is 72.2 Å². The van der Waals surface area contributed by atoms with Crippen molar-refractivity contribution in [1.82, 2.24) is 10.2 Å². The topological polar surface area (TPSA) is 124 Å². The number of hydrogen-bond donors (Lipinski definition) is 3. The molecule has 1 heterocycles. The Kier molecular flexibility index (Phi) is 10.5. The molecule has 348 valence electrons. The summed E-state index contributed by atoms with van der Waals surface area (Å²) in [6.45, 7) is 35.3. The summed E-state index contributed by atoms with van der Waals surface area (Å²) in [5.74, 6) is 0.455. The molecule has 0 aromatic heterocycles. The predicted molar refractivity (Wildman–Crippen MR) is 245 cm³/mol. The third-order valence-electron chi connectivity index (χ3n) is 23.4. The van der Waals surface area contributed by atoms with Crippen molar-refractivity contribution in [2.75, 3.05) is 13.1 Å². The van der Waals surface area contributed by atoms with E-state index in [4.69, 9.17) is 0 Å². The molecule has 62 heavy (non-hydrogen) atoms. The van der Waals surface area contributed by atoms with Crippen molar-refractivity contribution in [3.05, 3.63) is 12.2 Å². The third-order valence-corrected chi connectivity index (χ3v) is 23.4. The lowest BCUT2D eigenvalue weighted by Crippen LogP contribution is -2.77. The molecule has 0 aromatic carbocycles. The summed E-state index contributed by atoms with van der Waals surface area (Å²) in [7, 11) is 0. The molecule has 0 radical (unpaired) electrons. The van der Waals surface area contributed by atoms with E-state index in [1.807, 2.05) is 34.6 Å². The van der Waals surface area contributed by atoms with Crippen LogP contribution >= 0.6 is 0 Å². The monoisotopic (exact) mass is 859 g/mol. The smallest absolute Gasteiger partial charge is 0.310 e. The van der Waals surface area contributed by atoms with Crippen LogP contribution in [0.25, 0.3) is 0 Å². The second kappa shape index (κ2) is 14.1. The number of rotatable bonds is 7. The lowest BCUT2D eigenvalue weighted by Gasteiger charge is -2.77. The molecular weight excluding hydrogens is 773 g/mol. The van der Waals surface area contributed by atoms with Crippen molar-refractivity contribution in [3.63, 3.8) is 0 Å². The van der Waals surface area contributed by atoms with E-state index in [-0.39, 0.29) is 69.1 Å². The van der Waals surface area contributed by atoms with Crippen LogP contribution in [0.4, 0.5) is 0 Å². The Hall–Kier alpha value is -2.38. The highest BCUT2D eigenvalue weighted by atomic mass is 16.4. The molecule has 0 aromatic rings. The van der Waals surface area contributed by atoms with Crippen molar-refractivity contribution < 1.29 is 29.4 Å². The van der Waals surface area contributed by atoms with Crippen LogP contribution < -0.4 is 5.32 Å². The van der Waals surface area contributed by atoms with Gasteiger partial charge in [-0.2, -0.15) is 0 Å². The number of nitrogens with zero attached hydrogens (tertiary/aromatic N) is 1. The number of piperidine rings is 1. The van der Waals surface area contributed by atoms with Gasteiger partial charge in [-0.25, -0.2) is 0 Å². The molecule has 7 aliphatic carbocycles. The summed E-state index contributed by atoms with van der Waals surface area (Å²) in [6.07, 6.45) is 14.3. The van der Waals surface area contributed by atoms with Crippen molar-refractivity contribution in [2.45, 2.75) is 192 Å². The quantitative estimate of drug-likeness (QED) is 0.219. The first-order valence-corrected chi connectivity index (χ1v) is 25.2. The molecule has 2 amide bonds. The molecule has 8 aliphatic rings. The number of hydrogen-bond acceptors (Lipinski definition) is 4. The van der Waals surface area contributed by atoms with Crippen LogP contribution in [0.15, 0.2) is 12.2 Å². The van der Waals surface area contributed by atoms with Gasteiger partial charge in [0.05, 0.1) is 16.2 Å². The lowest BCUT2D eigenvalue weighted by molar-refractivity contribution is -0.301. The average Bonchev–Trinajstić information content (AvgIpc) is 3.58. The number of carboxylic acids is 2. The van der Waals surface area contributed by atoms with Crippen LogP contribution in [0, 0.1) is 95.6 Å². The predicted octanol–water partition coefficient (Wildman–Crippen LogP) is 11.4. The van der Waals surface area contributed by atoms with Gasteiger partial charge in [-0.05, 0) is 177 Å². The minimum atomic E-state index is -1.13. The van der Waals surface area contributed by atoms with Crippen molar-refractivity contribution in [3.8, 4) is 0 Å². The summed E-state index contributed by atoms with van der Waals surface area (Å²) in [6, 6.07) is 0.00250. The van der Waals surface area contributed by atoms with Gasteiger partial charge in [-0.1, -0.05) is 95.2 Å². The SMILES string of the molecule is C=C(C)[C@@H]1CC[C@]2(C(=O)N[C@@H]3C[C@H](C(=O)N4CCCCC4)C3(C)C)CC[C@]3(C)[C@H](CC[C@@H]4[C@]5(C)CC[C@H]([C@]6(C(=O)O)C[C@@](C(=O)O)(C(C)(C)C)C6(C)C)C(C)(C)[C@H]5CC[C@]43C)[C@@H]12. The summed E-state index contributed by atoms with van der Waals surface area (Å²) >= 11 is 0. The van der Waals surface area contributed by atoms with E-state index >= 15 is 4.79 Å². The molecule has 0 spiro atoms. The van der Waals surface area contributed by atoms with Gasteiger partial charge in [-0.3, -0.25) is 19.2 Å². The van der Waals surface area contributed by atoms with Crippen LogP contribution in [-0.4, -0.2) is 58.0 Å². The minimum absolute atomic E-state index is 0.00250. The third kappa shape index (κ3) is 5.48. The zero-order chi connectivity index (χ0) is 45.8. The largest absolute Gasteiger partial charge is 0.481 e. The fraction of sp³-hybridized carbons (Fsp3) is 0.889. The maximum absolute atomic E-state index is 15.1. The van der Waals surface area contributed by atoms with Gasteiger partial charge >= 0.3 is 11.9 Å². The van der Waals surface area contributed by atoms with Gasteiger partial charge in [0.1, 0.15) is 0 Å². The Morgan fingerprint density at radius 3 is 1.87 bits per heavy atom. The van der Waals surface area contributed by atoms with E-state index in [0.29, 0.717) is 23.7 Å². The normalized spacial score (nSPS) is 47.5. The summed E-state index contributed by atoms with van der Waals surface area (Å²) < 4.78 is 0. The molecule has 1 saturated heterocycles. The zero-order valence-electron chi connectivity index (χ0n) is 41.3. The van der Waals surface area contributed by atoms with Gasteiger partial charge in [0.25, 0.3) is 0 Å². The second-order valence-corrected chi connectivity index (χ2v) is 26.8. The maximum Gasteiger partial charge on any atom is 0.310 e. The van der Waals surface area contributed by atoms with E-state index in [0.717, 1.165) is 96.6 Å². The number of likely N-dealkylation sites (tertiary alicyclic amines) is 1. The number of amides is 2. The van der Waals surface area contributed by atoms with Crippen LogP contribution in [0.2, 0.25) is 0 Å². The van der Waals surface area contributed by atoms with Crippen LogP contribution in [-0.2, 0) is 19.2 Å². The summed E-state index contributed by atoms with van der Waals surface area (Å²) in [5, 5.41) is 25.9. The zero-order valence-corrected chi connectivity index (χ0v) is 41.3. The Morgan fingerprint density at radius 1 is 0.694 bits per heavy atom. The second-order valence-electron chi connectivity index (χ2n) is 26.8. The molecule has 3 N–H and O–H groups in total. The first-order chi connectivity index (χ1) is 28.5. The number of nitrogens with one attached hydrogen (secondary N) is 1. The van der Waals surface area contributed by atoms with Crippen LogP contribution in [0.1, 0.15) is 186 Å². The highest BCUT2D eigenvalue weighted by Gasteiger charge is 2.83. The average molecular weight is 859 g/mol. The Morgan fingerprint density at radius 2 is 1.32 bits per heavy atom. The van der Waals surface area contributed by atoms with Gasteiger partial charge in [-0.15, -0.1) is 0 Å². The molecular formula is C54H86N2O6. The standard InChI is InChI=1S/C54H86N2O6/c1-32(2)33-20-25-52(42(58)55-39-30-35(46(39,6)7)41(57)56-28-16-15-17-29-56)27-26-50(13)34(40(33)52)18-19-38-49(12)23-21-37(47(8,9)36(49)22-24-51(38,50)14)53(43(59)60)31-54(44(61)62,45(3,4)5)48(53,10)11/h33-40H,1,15-31H2,2-14H3,(H,55,58)(H,59,60)(H,61,62)/t33-,34+,35+,36+,37-,38+,39+,40+,49+,50+,51+,52-,53-,54+/m0/s1. The number of carboxylic acid groups (broad SMARTS) is 2. The lowest BCUT2D eigenvalue weighted by atomic mass is 9.25. The molecule has 7 saturated carbocycles. The van der Waals surface area contributed by atoms with Crippen molar-refractivity contribution in [1.29, 1.82) is 0 Å². The first kappa shape index (κ1) is 46.2. The van der Waals surface area contributed by atoms with Gasteiger partial charge < -0.3 is 20.4 Å². The van der Waals surface area contributed by atoms with Crippen LogP contribution in [0.5, 0.6) is 0 Å². The van der Waals surface area contributed by atoms with E-state index in [1.54, 1.807) is 0 Å². The van der Waals surface area contributed by atoms with E-state index in [1.165, 1.54) is 12.0 Å². The number of carbonyl (C=O) groups excluding carboxylic acids is 2. The van der Waals surface area contributed by atoms with Crippen molar-refractivity contribution >= 4 is 23.8 Å². The number of aliphatic carboxylic acids is 2. The van der Waals surface area contributed by atoms with Gasteiger partial charge in [0.2, 0.25) is 11.8 Å². The highest BCUT2D eigenvalue weighted by Crippen LogP contribution is 2.83. The van der Waals surface area contributed by atoms with E-state index < -0.39 is 39.0 Å². The molecule has 1 aliphatic heterocycles. The maximum atomic E-state index is 15.1. The number of fused-ring (bicyclic) bond motifs is 7. The minimum Gasteiger partial charge on any atom is -0.481 e. The van der Waals surface area contributed by atoms with Gasteiger partial charge in [0, 0.05) is 25.0 Å². The fourth-order valence-electron chi connectivity index (χ4n) is 19.7. The molecule has 0 bridgehead atoms. The summed E-state index contributed by atoms with van der Waals surface area (Å²) in [5.41, 5.74) is -3.44. The van der Waals surface area contributed by atoms with E-state index in [9.17, 15) is 24.6 Å². The van der Waals surface area contributed by atoms with Crippen molar-refractivity contribution in [2.24, 2.45) is 95.6 Å².